The van der Waals surface area contributed by atoms with E-state index >= 15 is 0 Å². The Labute approximate surface area is 107 Å². The van der Waals surface area contributed by atoms with Gasteiger partial charge in [-0.15, -0.1) is 0 Å². The molecule has 1 heterocycles. The van der Waals surface area contributed by atoms with Crippen LogP contribution in [0.1, 0.15) is 24.8 Å². The molecule has 18 heavy (non-hydrogen) atoms. The van der Waals surface area contributed by atoms with E-state index in [1.807, 2.05) is 30.3 Å². The molecule has 2 heteroatoms. The number of anilines is 1. The third-order valence-electron chi connectivity index (χ3n) is 3.54. The average Bonchev–Trinajstić information content (AvgIpc) is 2.52. The summed E-state index contributed by atoms with van der Waals surface area (Å²) in [6, 6.07) is 16.2. The molecule has 0 aromatic heterocycles. The molecule has 0 saturated heterocycles. The van der Waals surface area contributed by atoms with Crippen molar-refractivity contribution in [1.29, 1.82) is 0 Å². The van der Waals surface area contributed by atoms with Gasteiger partial charge in [0, 0.05) is 11.3 Å². The van der Waals surface area contributed by atoms with Crippen molar-refractivity contribution in [3.05, 3.63) is 54.1 Å². The molecule has 90 valence electrons. The first kappa shape index (κ1) is 11.0. The lowest BCUT2D eigenvalue weighted by molar-refractivity contribution is -0.117. The van der Waals surface area contributed by atoms with E-state index in [9.17, 15) is 4.79 Å². The van der Waals surface area contributed by atoms with E-state index in [0.717, 1.165) is 23.2 Å². The van der Waals surface area contributed by atoms with Gasteiger partial charge < -0.3 is 5.32 Å². The second-order valence-corrected chi connectivity index (χ2v) is 4.58. The third-order valence-corrected chi connectivity index (χ3v) is 3.54. The fourth-order valence-electron chi connectivity index (χ4n) is 2.64. The Morgan fingerprint density at radius 3 is 2.44 bits per heavy atom. The monoisotopic (exact) mass is 237 g/mol. The molecule has 0 spiro atoms. The summed E-state index contributed by atoms with van der Waals surface area (Å²) >= 11 is 0. The van der Waals surface area contributed by atoms with Gasteiger partial charge >= 0.3 is 0 Å². The minimum absolute atomic E-state index is 0.0615. The molecule has 2 nitrogen and oxygen atoms in total. The van der Waals surface area contributed by atoms with Crippen LogP contribution in [-0.2, 0) is 4.79 Å². The van der Waals surface area contributed by atoms with Crippen LogP contribution in [0.4, 0.5) is 5.69 Å². The summed E-state index contributed by atoms with van der Waals surface area (Å²) in [4.78, 5) is 12.3. The first-order chi connectivity index (χ1) is 8.81. The first-order valence-corrected chi connectivity index (χ1v) is 6.30. The Hall–Kier alpha value is -2.09. The van der Waals surface area contributed by atoms with Crippen LogP contribution in [0, 0.1) is 0 Å². The van der Waals surface area contributed by atoms with E-state index in [2.05, 4.69) is 30.4 Å². The SMILES string of the molecule is CCC1C(=O)Nc2ccccc2-c2ccccc21. The minimum Gasteiger partial charge on any atom is -0.325 e. The maximum Gasteiger partial charge on any atom is 0.231 e. The quantitative estimate of drug-likeness (QED) is 0.803. The molecule has 0 saturated carbocycles. The topological polar surface area (TPSA) is 29.1 Å². The zero-order valence-corrected chi connectivity index (χ0v) is 10.3. The molecule has 2 aromatic rings. The van der Waals surface area contributed by atoms with Crippen LogP contribution in [0.5, 0.6) is 0 Å². The Kier molecular flexibility index (Phi) is 2.63. The highest BCUT2D eigenvalue weighted by molar-refractivity contribution is 6.03. The lowest BCUT2D eigenvalue weighted by atomic mass is 9.90. The second kappa shape index (κ2) is 4.30. The standard InChI is InChI=1S/C16H15NO/c1-2-11-12-7-3-4-8-13(12)14-9-5-6-10-15(14)17-16(11)18/h3-11H,2H2,1H3,(H,17,18). The summed E-state index contributed by atoms with van der Waals surface area (Å²) in [6.45, 7) is 2.05. The molecule has 1 aliphatic heterocycles. The van der Waals surface area contributed by atoms with Gasteiger partial charge in [0.25, 0.3) is 0 Å². The summed E-state index contributed by atoms with van der Waals surface area (Å²) in [5.41, 5.74) is 4.31. The van der Waals surface area contributed by atoms with Gasteiger partial charge in [-0.25, -0.2) is 0 Å². The smallest absolute Gasteiger partial charge is 0.231 e. The van der Waals surface area contributed by atoms with Crippen LogP contribution in [0.2, 0.25) is 0 Å². The van der Waals surface area contributed by atoms with Crippen LogP contribution in [0.25, 0.3) is 11.1 Å². The van der Waals surface area contributed by atoms with Gasteiger partial charge in [0.05, 0.1) is 5.92 Å². The minimum atomic E-state index is -0.0615. The van der Waals surface area contributed by atoms with Crippen molar-refractivity contribution in [2.45, 2.75) is 19.3 Å². The van der Waals surface area contributed by atoms with Crippen LogP contribution < -0.4 is 5.32 Å². The molecule has 1 aliphatic rings. The molecule has 1 amide bonds. The molecular formula is C16H15NO. The van der Waals surface area contributed by atoms with Crippen molar-refractivity contribution in [3.63, 3.8) is 0 Å². The molecule has 0 aliphatic carbocycles. The van der Waals surface area contributed by atoms with E-state index in [1.165, 1.54) is 5.56 Å². The maximum absolute atomic E-state index is 12.3. The number of rotatable bonds is 1. The number of hydrogen-bond donors (Lipinski definition) is 1. The van der Waals surface area contributed by atoms with Gasteiger partial charge in [0.1, 0.15) is 0 Å². The zero-order valence-electron chi connectivity index (χ0n) is 10.3. The fraction of sp³-hybridized carbons (Fsp3) is 0.188. The fourth-order valence-corrected chi connectivity index (χ4v) is 2.64. The molecule has 0 bridgehead atoms. The van der Waals surface area contributed by atoms with Crippen molar-refractivity contribution in [3.8, 4) is 11.1 Å². The Morgan fingerprint density at radius 1 is 1.00 bits per heavy atom. The van der Waals surface area contributed by atoms with Crippen LogP contribution in [0.3, 0.4) is 0 Å². The van der Waals surface area contributed by atoms with Crippen molar-refractivity contribution in [2.75, 3.05) is 5.32 Å². The molecule has 0 fully saturated rings. The number of hydrogen-bond acceptors (Lipinski definition) is 1. The third kappa shape index (κ3) is 1.61. The summed E-state index contributed by atoms with van der Waals surface area (Å²) in [5, 5.41) is 3.03. The van der Waals surface area contributed by atoms with Gasteiger partial charge in [0.2, 0.25) is 5.91 Å². The Bertz CT molecular complexity index is 604. The summed E-state index contributed by atoms with van der Waals surface area (Å²) in [5.74, 6) is 0.0310. The molecular weight excluding hydrogens is 222 g/mol. The summed E-state index contributed by atoms with van der Waals surface area (Å²) < 4.78 is 0. The highest BCUT2D eigenvalue weighted by atomic mass is 16.1. The van der Waals surface area contributed by atoms with Crippen LogP contribution in [0.15, 0.2) is 48.5 Å². The maximum atomic E-state index is 12.3. The number of benzene rings is 2. The van der Waals surface area contributed by atoms with Gasteiger partial charge in [-0.05, 0) is 23.6 Å². The number of carbonyl (C=O) groups is 1. The molecule has 1 atom stereocenters. The number of carbonyl (C=O) groups excluding carboxylic acids is 1. The second-order valence-electron chi connectivity index (χ2n) is 4.58. The molecule has 0 radical (unpaired) electrons. The van der Waals surface area contributed by atoms with Crippen molar-refractivity contribution >= 4 is 11.6 Å². The predicted molar refractivity (Wildman–Crippen MR) is 73.5 cm³/mol. The average molecular weight is 237 g/mol. The molecule has 3 rings (SSSR count). The molecule has 2 aromatic carbocycles. The number of nitrogens with one attached hydrogen (secondary N) is 1. The van der Waals surface area contributed by atoms with Crippen molar-refractivity contribution in [1.82, 2.24) is 0 Å². The lowest BCUT2D eigenvalue weighted by Gasteiger charge is -2.13. The summed E-state index contributed by atoms with van der Waals surface area (Å²) in [7, 11) is 0. The Balaban J connectivity index is 2.29. The number of para-hydroxylation sites is 1. The van der Waals surface area contributed by atoms with Gasteiger partial charge in [-0.3, -0.25) is 4.79 Å². The normalized spacial score (nSPS) is 17.4. The van der Waals surface area contributed by atoms with E-state index in [0.29, 0.717) is 0 Å². The van der Waals surface area contributed by atoms with Crippen LogP contribution in [-0.4, -0.2) is 5.91 Å². The van der Waals surface area contributed by atoms with E-state index < -0.39 is 0 Å². The largest absolute Gasteiger partial charge is 0.325 e. The molecule has 1 N–H and O–H groups in total. The lowest BCUT2D eigenvalue weighted by Crippen LogP contribution is -2.19. The van der Waals surface area contributed by atoms with E-state index in [4.69, 9.17) is 0 Å². The highest BCUT2D eigenvalue weighted by Crippen LogP contribution is 2.38. The van der Waals surface area contributed by atoms with Crippen molar-refractivity contribution in [2.24, 2.45) is 0 Å². The van der Waals surface area contributed by atoms with Gasteiger partial charge in [-0.1, -0.05) is 49.4 Å². The predicted octanol–water partition coefficient (Wildman–Crippen LogP) is 3.80. The van der Waals surface area contributed by atoms with Gasteiger partial charge in [0.15, 0.2) is 0 Å². The number of amides is 1. The van der Waals surface area contributed by atoms with Crippen LogP contribution >= 0.6 is 0 Å². The molecule has 1 unspecified atom stereocenters. The van der Waals surface area contributed by atoms with E-state index in [-0.39, 0.29) is 11.8 Å². The first-order valence-electron chi connectivity index (χ1n) is 6.30. The number of fused-ring (bicyclic) bond motifs is 3. The summed E-state index contributed by atoms with van der Waals surface area (Å²) in [6.07, 6.45) is 0.816. The zero-order chi connectivity index (χ0) is 12.5. The Morgan fingerprint density at radius 2 is 1.67 bits per heavy atom. The van der Waals surface area contributed by atoms with Gasteiger partial charge in [-0.2, -0.15) is 0 Å². The highest BCUT2D eigenvalue weighted by Gasteiger charge is 2.26. The van der Waals surface area contributed by atoms with E-state index in [1.54, 1.807) is 0 Å². The van der Waals surface area contributed by atoms with Crippen molar-refractivity contribution < 1.29 is 4.79 Å².